The Bertz CT molecular complexity index is 70.6. The van der Waals surface area contributed by atoms with Gasteiger partial charge in [-0.2, -0.15) is 0 Å². The Labute approximate surface area is 75.2 Å². The normalized spacial score (nSPS) is 5.56. The summed E-state index contributed by atoms with van der Waals surface area (Å²) in [5.41, 5.74) is 0. The molecular weight excluding hydrogens is 135 g/mol. The molecule has 9 heavy (non-hydrogen) atoms. The van der Waals surface area contributed by atoms with Crippen LogP contribution in [0.25, 0.3) is 0 Å². The molecule has 0 amide bonds. The molecule has 0 aromatic rings. The third kappa shape index (κ3) is 77800. The minimum Gasteiger partial charge on any atom is -0.481 e. The van der Waals surface area contributed by atoms with Crippen LogP contribution in [0.3, 0.4) is 0 Å². The Kier molecular flexibility index (Phi) is 19.2. The third-order valence-corrected chi connectivity index (χ3v) is 0. The van der Waals surface area contributed by atoms with Gasteiger partial charge in [0, 0.05) is 13.8 Å². The van der Waals surface area contributed by atoms with E-state index in [1.807, 2.05) is 0 Å². The van der Waals surface area contributed by atoms with Crippen molar-refractivity contribution in [2.45, 2.75) is 13.8 Å². The molecular formula is C4H8NaO4+. The van der Waals surface area contributed by atoms with Crippen LogP contribution in [0.2, 0.25) is 0 Å². The van der Waals surface area contributed by atoms with Crippen molar-refractivity contribution in [3.63, 3.8) is 0 Å². The number of hydrogen-bond acceptors (Lipinski definition) is 2. The molecule has 0 aliphatic heterocycles. The summed E-state index contributed by atoms with van der Waals surface area (Å²) >= 11 is 0. The summed E-state index contributed by atoms with van der Waals surface area (Å²) in [6, 6.07) is 0. The number of hydrogen-bond donors (Lipinski definition) is 2. The average molecular weight is 143 g/mol. The summed E-state index contributed by atoms with van der Waals surface area (Å²) in [4.78, 5) is 18.0. The van der Waals surface area contributed by atoms with E-state index in [0.717, 1.165) is 13.8 Å². The standard InChI is InChI=1S/2C2H4O2.Na/c2*1-2(3)4;/h2*1H3,(H,3,4);/q;;+1. The van der Waals surface area contributed by atoms with Crippen LogP contribution in [0.5, 0.6) is 0 Å². The summed E-state index contributed by atoms with van der Waals surface area (Å²) in [6.07, 6.45) is 0. The number of aliphatic carboxylic acids is 2. The van der Waals surface area contributed by atoms with Crippen LogP contribution in [0.4, 0.5) is 0 Å². The van der Waals surface area contributed by atoms with Gasteiger partial charge in [0.1, 0.15) is 0 Å². The maximum Gasteiger partial charge on any atom is 1.00 e. The van der Waals surface area contributed by atoms with E-state index < -0.39 is 11.9 Å². The van der Waals surface area contributed by atoms with Crippen LogP contribution in [0, 0.1) is 0 Å². The Morgan fingerprint density at radius 2 is 1.00 bits per heavy atom. The van der Waals surface area contributed by atoms with Crippen molar-refractivity contribution in [2.75, 3.05) is 0 Å². The van der Waals surface area contributed by atoms with Crippen LogP contribution < -0.4 is 29.6 Å². The van der Waals surface area contributed by atoms with E-state index in [-0.39, 0.29) is 29.6 Å². The molecule has 0 fully saturated rings. The van der Waals surface area contributed by atoms with E-state index in [2.05, 4.69) is 0 Å². The van der Waals surface area contributed by atoms with Gasteiger partial charge in [-0.25, -0.2) is 0 Å². The van der Waals surface area contributed by atoms with Crippen molar-refractivity contribution < 1.29 is 49.4 Å². The second-order valence-electron chi connectivity index (χ2n) is 1.04. The Balaban J connectivity index is -0.0000000720. The molecule has 0 spiro atoms. The summed E-state index contributed by atoms with van der Waals surface area (Å²) in [7, 11) is 0. The molecule has 0 heterocycles. The van der Waals surface area contributed by atoms with Crippen molar-refractivity contribution in [3.8, 4) is 0 Å². The zero-order chi connectivity index (χ0) is 7.15. The average Bonchev–Trinajstić information content (AvgIpc) is 1.25. The molecule has 0 aliphatic carbocycles. The molecule has 0 aromatic heterocycles. The first kappa shape index (κ1) is 16.0. The molecule has 2 N–H and O–H groups in total. The van der Waals surface area contributed by atoms with E-state index in [1.165, 1.54) is 0 Å². The predicted molar refractivity (Wildman–Crippen MR) is 26.6 cm³/mol. The first-order valence-electron chi connectivity index (χ1n) is 1.86. The van der Waals surface area contributed by atoms with Crippen LogP contribution in [0.1, 0.15) is 13.8 Å². The van der Waals surface area contributed by atoms with Gasteiger partial charge in [-0.05, 0) is 0 Å². The van der Waals surface area contributed by atoms with Gasteiger partial charge < -0.3 is 10.2 Å². The Morgan fingerprint density at radius 3 is 1.00 bits per heavy atom. The Hall–Kier alpha value is -0.0600. The smallest absolute Gasteiger partial charge is 0.481 e. The summed E-state index contributed by atoms with van der Waals surface area (Å²) in [6.45, 7) is 2.17. The van der Waals surface area contributed by atoms with E-state index in [4.69, 9.17) is 19.8 Å². The minimum absolute atomic E-state index is 0. The van der Waals surface area contributed by atoms with Gasteiger partial charge in [-0.1, -0.05) is 0 Å². The predicted octanol–water partition coefficient (Wildman–Crippen LogP) is -2.81. The van der Waals surface area contributed by atoms with Gasteiger partial charge in [0.05, 0.1) is 0 Å². The largest absolute Gasteiger partial charge is 1.00 e. The molecule has 0 radical (unpaired) electrons. The fourth-order valence-corrected chi connectivity index (χ4v) is 0. The monoisotopic (exact) mass is 143 g/mol. The number of carboxylic acid groups (broad SMARTS) is 2. The Morgan fingerprint density at radius 1 is 1.00 bits per heavy atom. The van der Waals surface area contributed by atoms with Crippen LogP contribution in [0.15, 0.2) is 0 Å². The van der Waals surface area contributed by atoms with Gasteiger partial charge in [0.2, 0.25) is 0 Å². The van der Waals surface area contributed by atoms with Crippen molar-refractivity contribution in [3.05, 3.63) is 0 Å². The topological polar surface area (TPSA) is 74.6 Å². The van der Waals surface area contributed by atoms with Gasteiger partial charge in [0.15, 0.2) is 0 Å². The van der Waals surface area contributed by atoms with E-state index >= 15 is 0 Å². The molecule has 0 bridgehead atoms. The van der Waals surface area contributed by atoms with E-state index in [9.17, 15) is 0 Å². The van der Waals surface area contributed by atoms with Crippen molar-refractivity contribution in [1.29, 1.82) is 0 Å². The van der Waals surface area contributed by atoms with Crippen LogP contribution in [-0.2, 0) is 9.59 Å². The molecule has 0 saturated heterocycles. The second-order valence-corrected chi connectivity index (χ2v) is 1.04. The van der Waals surface area contributed by atoms with Crippen molar-refractivity contribution in [1.82, 2.24) is 0 Å². The quantitative estimate of drug-likeness (QED) is 0.359. The van der Waals surface area contributed by atoms with Gasteiger partial charge in [0.25, 0.3) is 11.9 Å². The zero-order valence-electron chi connectivity index (χ0n) is 5.71. The number of carbonyl (C=O) groups is 2. The number of rotatable bonds is 0. The third-order valence-electron chi connectivity index (χ3n) is 0. The first-order valence-corrected chi connectivity index (χ1v) is 1.86. The van der Waals surface area contributed by atoms with E-state index in [1.54, 1.807) is 0 Å². The number of carboxylic acids is 2. The zero-order valence-corrected chi connectivity index (χ0v) is 7.71. The minimum atomic E-state index is -0.833. The summed E-state index contributed by atoms with van der Waals surface area (Å²) in [5, 5.41) is 14.8. The maximum absolute atomic E-state index is 9.00. The van der Waals surface area contributed by atoms with E-state index in [0.29, 0.717) is 0 Å². The first-order chi connectivity index (χ1) is 3.46. The van der Waals surface area contributed by atoms with Crippen molar-refractivity contribution >= 4 is 11.9 Å². The molecule has 0 saturated carbocycles. The summed E-state index contributed by atoms with van der Waals surface area (Å²) < 4.78 is 0. The van der Waals surface area contributed by atoms with Gasteiger partial charge >= 0.3 is 29.6 Å². The van der Waals surface area contributed by atoms with Crippen molar-refractivity contribution in [2.24, 2.45) is 0 Å². The molecule has 0 aliphatic rings. The molecule has 4 nitrogen and oxygen atoms in total. The molecule has 5 heteroatoms. The SMILES string of the molecule is CC(=O)O.CC(=O)O.[Na+]. The second kappa shape index (κ2) is 10.8. The fraction of sp³-hybridized carbons (Fsp3) is 0.500. The maximum atomic E-state index is 9.00. The fourth-order valence-electron chi connectivity index (χ4n) is 0. The summed E-state index contributed by atoms with van der Waals surface area (Å²) in [5.74, 6) is -1.67. The van der Waals surface area contributed by atoms with Crippen LogP contribution >= 0.6 is 0 Å². The van der Waals surface area contributed by atoms with Crippen LogP contribution in [-0.4, -0.2) is 22.2 Å². The molecule has 0 unspecified atom stereocenters. The van der Waals surface area contributed by atoms with Gasteiger partial charge in [-0.3, -0.25) is 9.59 Å². The molecule has 0 atom stereocenters. The molecule has 0 rings (SSSR count). The molecule has 48 valence electrons. The van der Waals surface area contributed by atoms with Gasteiger partial charge in [-0.15, -0.1) is 0 Å². The molecule has 0 aromatic carbocycles.